The van der Waals surface area contributed by atoms with E-state index >= 15 is 0 Å². The Morgan fingerprint density at radius 2 is 1.89 bits per heavy atom. The number of benzene rings is 1. The summed E-state index contributed by atoms with van der Waals surface area (Å²) in [6.45, 7) is 5.18. The van der Waals surface area contributed by atoms with Crippen LogP contribution in [-0.4, -0.2) is 38.6 Å². The van der Waals surface area contributed by atoms with Crippen molar-refractivity contribution in [3.8, 4) is 0 Å². The lowest BCUT2D eigenvalue weighted by molar-refractivity contribution is 0.413. The lowest BCUT2D eigenvalue weighted by Gasteiger charge is -2.26. The molecule has 0 atom stereocenters. The van der Waals surface area contributed by atoms with Crippen LogP contribution in [0.1, 0.15) is 18.9 Å². The van der Waals surface area contributed by atoms with Crippen LogP contribution in [0, 0.1) is 5.82 Å². The second kappa shape index (κ2) is 7.34. The van der Waals surface area contributed by atoms with Crippen molar-refractivity contribution in [2.75, 3.05) is 38.6 Å². The Morgan fingerprint density at radius 3 is 2.39 bits per heavy atom. The molecule has 0 saturated heterocycles. The highest BCUT2D eigenvalue weighted by molar-refractivity contribution is 5.48. The number of nitrogens with zero attached hydrogens (tertiary/aromatic N) is 2. The number of hydrogen-bond acceptors (Lipinski definition) is 3. The van der Waals surface area contributed by atoms with Gasteiger partial charge in [-0.2, -0.15) is 0 Å². The highest BCUT2D eigenvalue weighted by atomic mass is 19.1. The van der Waals surface area contributed by atoms with Gasteiger partial charge in [0, 0.05) is 37.4 Å². The molecule has 18 heavy (non-hydrogen) atoms. The molecule has 1 rings (SSSR count). The minimum absolute atomic E-state index is 0.207. The molecule has 0 saturated carbocycles. The van der Waals surface area contributed by atoms with Crippen molar-refractivity contribution >= 4 is 5.69 Å². The summed E-state index contributed by atoms with van der Waals surface area (Å²) in [4.78, 5) is 4.34. The molecule has 0 aliphatic rings. The molecule has 0 heterocycles. The largest absolute Gasteiger partial charge is 0.370 e. The van der Waals surface area contributed by atoms with E-state index in [-0.39, 0.29) is 12.4 Å². The minimum Gasteiger partial charge on any atom is -0.370 e. The van der Waals surface area contributed by atoms with E-state index in [1.54, 1.807) is 12.1 Å². The van der Waals surface area contributed by atoms with E-state index in [0.717, 1.165) is 31.7 Å². The fraction of sp³-hybridized carbons (Fsp3) is 0.571. The molecule has 0 aliphatic carbocycles. The summed E-state index contributed by atoms with van der Waals surface area (Å²) in [5.74, 6) is -0.207. The molecule has 3 nitrogen and oxygen atoms in total. The molecule has 1 aromatic rings. The number of nitrogens with two attached hydrogens (primary N) is 1. The van der Waals surface area contributed by atoms with Crippen molar-refractivity contribution in [3.63, 3.8) is 0 Å². The maximum atomic E-state index is 13.7. The van der Waals surface area contributed by atoms with Crippen molar-refractivity contribution in [1.29, 1.82) is 0 Å². The molecular weight excluding hydrogens is 229 g/mol. The highest BCUT2D eigenvalue weighted by Gasteiger charge is 2.09. The summed E-state index contributed by atoms with van der Waals surface area (Å²) in [5.41, 5.74) is 6.98. The molecule has 4 heteroatoms. The third kappa shape index (κ3) is 4.27. The quantitative estimate of drug-likeness (QED) is 0.807. The molecule has 2 N–H and O–H groups in total. The van der Waals surface area contributed by atoms with Gasteiger partial charge in [0.2, 0.25) is 0 Å². The van der Waals surface area contributed by atoms with Gasteiger partial charge in [0.25, 0.3) is 0 Å². The van der Waals surface area contributed by atoms with Crippen molar-refractivity contribution in [3.05, 3.63) is 29.6 Å². The van der Waals surface area contributed by atoms with Gasteiger partial charge in [-0.3, -0.25) is 0 Å². The standard InChI is InChI=1S/C14H24FN3/c1-4-7-18(9-8-17(2)3)13-6-5-12(11-16)14(15)10-13/h5-6,10H,4,7-9,11,16H2,1-3H3. The van der Waals surface area contributed by atoms with Crippen molar-refractivity contribution in [2.45, 2.75) is 19.9 Å². The third-order valence-corrected chi connectivity index (χ3v) is 2.93. The van der Waals surface area contributed by atoms with Crippen molar-refractivity contribution < 1.29 is 4.39 Å². The molecule has 0 aliphatic heterocycles. The lowest BCUT2D eigenvalue weighted by atomic mass is 10.1. The van der Waals surface area contributed by atoms with Crippen LogP contribution in [0.25, 0.3) is 0 Å². The molecule has 0 fully saturated rings. The molecule has 0 bridgehead atoms. The van der Waals surface area contributed by atoms with Crippen LogP contribution in [-0.2, 0) is 6.54 Å². The average molecular weight is 253 g/mol. The molecule has 0 radical (unpaired) electrons. The van der Waals surface area contributed by atoms with Crippen LogP contribution in [0.5, 0.6) is 0 Å². The Hall–Kier alpha value is -1.13. The topological polar surface area (TPSA) is 32.5 Å². The summed E-state index contributed by atoms with van der Waals surface area (Å²) < 4.78 is 13.7. The van der Waals surface area contributed by atoms with Crippen molar-refractivity contribution in [2.24, 2.45) is 5.73 Å². The Labute approximate surface area is 109 Å². The van der Waals surface area contributed by atoms with E-state index in [9.17, 15) is 4.39 Å². The van der Waals surface area contributed by atoms with E-state index in [1.165, 1.54) is 0 Å². The Morgan fingerprint density at radius 1 is 1.17 bits per heavy atom. The van der Waals surface area contributed by atoms with E-state index in [1.807, 2.05) is 20.2 Å². The number of hydrogen-bond donors (Lipinski definition) is 1. The summed E-state index contributed by atoms with van der Waals surface area (Å²) in [5, 5.41) is 0. The van der Waals surface area contributed by atoms with Crippen LogP contribution >= 0.6 is 0 Å². The molecule has 0 aromatic heterocycles. The zero-order chi connectivity index (χ0) is 13.5. The smallest absolute Gasteiger partial charge is 0.129 e. The predicted octanol–water partition coefficient (Wildman–Crippen LogP) is 2.06. The first-order valence-corrected chi connectivity index (χ1v) is 6.46. The Bertz CT molecular complexity index is 366. The first kappa shape index (κ1) is 14.9. The first-order valence-electron chi connectivity index (χ1n) is 6.46. The van der Waals surface area contributed by atoms with Gasteiger partial charge in [-0.15, -0.1) is 0 Å². The molecule has 102 valence electrons. The SMILES string of the molecule is CCCN(CCN(C)C)c1ccc(CN)c(F)c1. The number of halogens is 1. The van der Waals surface area contributed by atoms with E-state index < -0.39 is 0 Å². The molecule has 0 amide bonds. The van der Waals surface area contributed by atoms with Crippen LogP contribution in [0.3, 0.4) is 0 Å². The van der Waals surface area contributed by atoms with E-state index in [4.69, 9.17) is 5.73 Å². The fourth-order valence-corrected chi connectivity index (χ4v) is 1.86. The number of anilines is 1. The summed E-state index contributed by atoms with van der Waals surface area (Å²) in [7, 11) is 4.09. The van der Waals surface area contributed by atoms with Gasteiger partial charge in [0.1, 0.15) is 5.82 Å². The van der Waals surface area contributed by atoms with Gasteiger partial charge in [-0.1, -0.05) is 13.0 Å². The van der Waals surface area contributed by atoms with Gasteiger partial charge >= 0.3 is 0 Å². The minimum atomic E-state index is -0.207. The Kier molecular flexibility index (Phi) is 6.09. The van der Waals surface area contributed by atoms with E-state index in [0.29, 0.717) is 5.56 Å². The molecule has 0 unspecified atom stereocenters. The van der Waals surface area contributed by atoms with Gasteiger partial charge in [0.15, 0.2) is 0 Å². The second-order valence-electron chi connectivity index (χ2n) is 4.77. The molecule has 1 aromatic carbocycles. The zero-order valence-corrected chi connectivity index (χ0v) is 11.6. The van der Waals surface area contributed by atoms with Crippen LogP contribution in [0.4, 0.5) is 10.1 Å². The fourth-order valence-electron chi connectivity index (χ4n) is 1.86. The van der Waals surface area contributed by atoms with Gasteiger partial charge in [-0.05, 0) is 32.6 Å². The third-order valence-electron chi connectivity index (χ3n) is 2.93. The molecular formula is C14H24FN3. The normalized spacial score (nSPS) is 11.0. The van der Waals surface area contributed by atoms with Gasteiger partial charge < -0.3 is 15.5 Å². The van der Waals surface area contributed by atoms with Gasteiger partial charge in [-0.25, -0.2) is 4.39 Å². The maximum Gasteiger partial charge on any atom is 0.129 e. The maximum absolute atomic E-state index is 13.7. The summed E-state index contributed by atoms with van der Waals surface area (Å²) >= 11 is 0. The lowest BCUT2D eigenvalue weighted by Crippen LogP contribution is -2.32. The van der Waals surface area contributed by atoms with Crippen LogP contribution in [0.15, 0.2) is 18.2 Å². The summed E-state index contributed by atoms with van der Waals surface area (Å²) in [6.07, 6.45) is 1.05. The molecule has 0 spiro atoms. The summed E-state index contributed by atoms with van der Waals surface area (Å²) in [6, 6.07) is 5.33. The monoisotopic (exact) mass is 253 g/mol. The zero-order valence-electron chi connectivity index (χ0n) is 11.6. The second-order valence-corrected chi connectivity index (χ2v) is 4.77. The number of rotatable bonds is 7. The van der Waals surface area contributed by atoms with Crippen LogP contribution in [0.2, 0.25) is 0 Å². The van der Waals surface area contributed by atoms with Gasteiger partial charge in [0.05, 0.1) is 0 Å². The Balaban J connectivity index is 2.81. The average Bonchev–Trinajstić information content (AvgIpc) is 2.34. The number of likely N-dealkylation sites (N-methyl/N-ethyl adjacent to an activating group) is 1. The predicted molar refractivity (Wildman–Crippen MR) is 75.3 cm³/mol. The van der Waals surface area contributed by atoms with Crippen molar-refractivity contribution in [1.82, 2.24) is 4.90 Å². The highest BCUT2D eigenvalue weighted by Crippen LogP contribution is 2.18. The first-order chi connectivity index (χ1) is 8.58. The van der Waals surface area contributed by atoms with Crippen LogP contribution < -0.4 is 10.6 Å². The van der Waals surface area contributed by atoms with E-state index in [2.05, 4.69) is 16.7 Å².